The Labute approximate surface area is 117 Å². The maximum Gasteiger partial charge on any atom is 0.328 e. The lowest BCUT2D eigenvalue weighted by atomic mass is 9.92. The summed E-state index contributed by atoms with van der Waals surface area (Å²) in [6.07, 6.45) is 1.06. The van der Waals surface area contributed by atoms with E-state index >= 15 is 0 Å². The Morgan fingerprint density at radius 3 is 2.40 bits per heavy atom. The number of hydrogen-bond acceptors (Lipinski definition) is 3. The number of likely N-dealkylation sites (tertiary alicyclic amines) is 1. The molecule has 0 spiro atoms. The van der Waals surface area contributed by atoms with Gasteiger partial charge in [0.25, 0.3) is 0 Å². The Morgan fingerprint density at radius 1 is 1.25 bits per heavy atom. The second kappa shape index (κ2) is 5.68. The molecule has 2 rings (SSSR count). The number of rotatable bonds is 1. The van der Waals surface area contributed by atoms with Crippen molar-refractivity contribution in [3.63, 3.8) is 0 Å². The number of carboxylic acids is 1. The topological polar surface area (TPSA) is 90.0 Å². The standard InChI is InChI=1S/C13H21N3O4/c1-8-3-9(2)6-15(5-8)13(20)16-7-11(17)14-4-10(16)12(18)19/h8-10H,3-7H2,1-2H3,(H,14,17)(H,18,19). The van der Waals surface area contributed by atoms with Gasteiger partial charge in [-0.05, 0) is 18.3 Å². The van der Waals surface area contributed by atoms with Crippen molar-refractivity contribution in [1.29, 1.82) is 0 Å². The van der Waals surface area contributed by atoms with Crippen LogP contribution in [0.3, 0.4) is 0 Å². The molecule has 2 aliphatic rings. The maximum absolute atomic E-state index is 12.5. The molecule has 3 amide bonds. The van der Waals surface area contributed by atoms with Crippen LogP contribution in [0.4, 0.5) is 4.79 Å². The Bertz CT molecular complexity index is 416. The molecule has 2 N–H and O–H groups in total. The summed E-state index contributed by atoms with van der Waals surface area (Å²) in [7, 11) is 0. The van der Waals surface area contributed by atoms with Crippen LogP contribution < -0.4 is 5.32 Å². The number of carboxylic acid groups (broad SMARTS) is 1. The van der Waals surface area contributed by atoms with E-state index in [2.05, 4.69) is 19.2 Å². The van der Waals surface area contributed by atoms with Gasteiger partial charge < -0.3 is 15.3 Å². The smallest absolute Gasteiger partial charge is 0.328 e. The maximum atomic E-state index is 12.5. The highest BCUT2D eigenvalue weighted by atomic mass is 16.4. The SMILES string of the molecule is CC1CC(C)CN(C(=O)N2CC(=O)NCC2C(=O)O)C1. The summed E-state index contributed by atoms with van der Waals surface area (Å²) in [5.74, 6) is -0.611. The van der Waals surface area contributed by atoms with Crippen LogP contribution >= 0.6 is 0 Å². The molecule has 0 aromatic heterocycles. The zero-order valence-electron chi connectivity index (χ0n) is 11.8. The van der Waals surface area contributed by atoms with E-state index in [0.29, 0.717) is 24.9 Å². The molecule has 20 heavy (non-hydrogen) atoms. The molecule has 7 nitrogen and oxygen atoms in total. The molecule has 0 aliphatic carbocycles. The van der Waals surface area contributed by atoms with Gasteiger partial charge in [-0.2, -0.15) is 0 Å². The second-order valence-corrected chi connectivity index (χ2v) is 5.92. The van der Waals surface area contributed by atoms with Crippen LogP contribution in [0.25, 0.3) is 0 Å². The number of carbonyl (C=O) groups is 3. The van der Waals surface area contributed by atoms with Crippen molar-refractivity contribution in [2.24, 2.45) is 11.8 Å². The van der Waals surface area contributed by atoms with Crippen molar-refractivity contribution < 1.29 is 19.5 Å². The van der Waals surface area contributed by atoms with Crippen LogP contribution in [0.2, 0.25) is 0 Å². The largest absolute Gasteiger partial charge is 0.480 e. The van der Waals surface area contributed by atoms with Crippen molar-refractivity contribution >= 4 is 17.9 Å². The first-order valence-electron chi connectivity index (χ1n) is 6.93. The minimum atomic E-state index is -1.09. The third kappa shape index (κ3) is 3.02. The van der Waals surface area contributed by atoms with Gasteiger partial charge >= 0.3 is 12.0 Å². The van der Waals surface area contributed by atoms with Crippen LogP contribution in [-0.4, -0.2) is 65.0 Å². The van der Waals surface area contributed by atoms with E-state index in [1.165, 1.54) is 4.90 Å². The van der Waals surface area contributed by atoms with Crippen LogP contribution in [0.5, 0.6) is 0 Å². The number of nitrogens with zero attached hydrogens (tertiary/aromatic N) is 2. The summed E-state index contributed by atoms with van der Waals surface area (Å²) in [5, 5.41) is 11.7. The monoisotopic (exact) mass is 283 g/mol. The van der Waals surface area contributed by atoms with Crippen LogP contribution in [0.15, 0.2) is 0 Å². The van der Waals surface area contributed by atoms with Gasteiger partial charge in [0.05, 0.1) is 0 Å². The van der Waals surface area contributed by atoms with E-state index in [4.69, 9.17) is 0 Å². The van der Waals surface area contributed by atoms with E-state index in [1.54, 1.807) is 4.90 Å². The van der Waals surface area contributed by atoms with Gasteiger partial charge in [0, 0.05) is 19.6 Å². The van der Waals surface area contributed by atoms with Gasteiger partial charge in [-0.15, -0.1) is 0 Å². The summed E-state index contributed by atoms with van der Waals surface area (Å²) in [6, 6.07) is -1.32. The highest BCUT2D eigenvalue weighted by Gasteiger charge is 2.38. The minimum Gasteiger partial charge on any atom is -0.480 e. The third-order valence-corrected chi connectivity index (χ3v) is 3.85. The van der Waals surface area contributed by atoms with Gasteiger partial charge in [-0.25, -0.2) is 9.59 Å². The molecule has 2 aliphatic heterocycles. The molecule has 0 radical (unpaired) electrons. The second-order valence-electron chi connectivity index (χ2n) is 5.92. The molecular formula is C13H21N3O4. The third-order valence-electron chi connectivity index (χ3n) is 3.85. The number of piperazine rings is 1. The van der Waals surface area contributed by atoms with E-state index in [0.717, 1.165) is 6.42 Å². The lowest BCUT2D eigenvalue weighted by Gasteiger charge is -2.41. The van der Waals surface area contributed by atoms with Crippen molar-refractivity contribution in [3.8, 4) is 0 Å². The van der Waals surface area contributed by atoms with Gasteiger partial charge in [-0.1, -0.05) is 13.8 Å². The van der Waals surface area contributed by atoms with Crippen molar-refractivity contribution in [2.75, 3.05) is 26.2 Å². The number of carbonyl (C=O) groups excluding carboxylic acids is 2. The lowest BCUT2D eigenvalue weighted by molar-refractivity contribution is -0.144. The molecule has 2 heterocycles. The average molecular weight is 283 g/mol. The molecule has 2 saturated heterocycles. The highest BCUT2D eigenvalue weighted by molar-refractivity contribution is 5.90. The zero-order chi connectivity index (χ0) is 14.9. The quantitative estimate of drug-likeness (QED) is 0.707. The Hall–Kier alpha value is -1.79. The van der Waals surface area contributed by atoms with Crippen LogP contribution in [-0.2, 0) is 9.59 Å². The first-order valence-corrected chi connectivity index (χ1v) is 6.93. The van der Waals surface area contributed by atoms with Gasteiger partial charge in [0.2, 0.25) is 5.91 Å². The van der Waals surface area contributed by atoms with Crippen LogP contribution in [0.1, 0.15) is 20.3 Å². The van der Waals surface area contributed by atoms with E-state index in [-0.39, 0.29) is 25.0 Å². The van der Waals surface area contributed by atoms with Gasteiger partial charge in [0.1, 0.15) is 12.6 Å². The molecule has 0 bridgehead atoms. The first-order chi connectivity index (χ1) is 9.38. The predicted octanol–water partition coefficient (Wildman–Crippen LogP) is -0.0307. The number of aliphatic carboxylic acids is 1. The Kier molecular flexibility index (Phi) is 4.15. The zero-order valence-corrected chi connectivity index (χ0v) is 11.8. The fraction of sp³-hybridized carbons (Fsp3) is 0.769. The first kappa shape index (κ1) is 14.6. The molecule has 0 aromatic rings. The number of hydrogen-bond donors (Lipinski definition) is 2. The summed E-state index contributed by atoms with van der Waals surface area (Å²) < 4.78 is 0. The molecule has 3 atom stereocenters. The molecule has 7 heteroatoms. The summed E-state index contributed by atoms with van der Waals surface area (Å²) in [4.78, 5) is 38.0. The Balaban J connectivity index is 2.12. The lowest BCUT2D eigenvalue weighted by Crippen LogP contribution is -2.62. The summed E-state index contributed by atoms with van der Waals surface area (Å²) in [5.41, 5.74) is 0. The minimum absolute atomic E-state index is 0.0289. The number of piperidine rings is 1. The van der Waals surface area contributed by atoms with Gasteiger partial charge in [0.15, 0.2) is 0 Å². The van der Waals surface area contributed by atoms with Crippen molar-refractivity contribution in [3.05, 3.63) is 0 Å². The van der Waals surface area contributed by atoms with E-state index in [9.17, 15) is 19.5 Å². The molecule has 112 valence electrons. The average Bonchev–Trinajstić information content (AvgIpc) is 2.36. The fourth-order valence-corrected chi connectivity index (χ4v) is 3.06. The normalized spacial score (nSPS) is 30.9. The number of nitrogens with one attached hydrogen (secondary N) is 1. The fourth-order valence-electron chi connectivity index (χ4n) is 3.06. The van der Waals surface area contributed by atoms with Crippen molar-refractivity contribution in [2.45, 2.75) is 26.3 Å². The van der Waals surface area contributed by atoms with E-state index < -0.39 is 12.0 Å². The predicted molar refractivity (Wildman–Crippen MR) is 71.1 cm³/mol. The Morgan fingerprint density at radius 2 is 1.85 bits per heavy atom. The van der Waals surface area contributed by atoms with E-state index in [1.807, 2.05) is 0 Å². The van der Waals surface area contributed by atoms with Crippen LogP contribution in [0, 0.1) is 11.8 Å². The summed E-state index contributed by atoms with van der Waals surface area (Å²) >= 11 is 0. The highest BCUT2D eigenvalue weighted by Crippen LogP contribution is 2.22. The molecule has 0 saturated carbocycles. The number of amides is 3. The summed E-state index contributed by atoms with van der Waals surface area (Å²) in [6.45, 7) is 5.18. The molecule has 2 fully saturated rings. The molecule has 3 unspecified atom stereocenters. The molecule has 0 aromatic carbocycles. The molecular weight excluding hydrogens is 262 g/mol. The van der Waals surface area contributed by atoms with Gasteiger partial charge in [-0.3, -0.25) is 9.69 Å². The van der Waals surface area contributed by atoms with Crippen molar-refractivity contribution in [1.82, 2.24) is 15.1 Å². The number of urea groups is 1.